The largest absolute Gasteiger partial charge is 0.480 e. The van der Waals surface area contributed by atoms with Gasteiger partial charge < -0.3 is 49.3 Å². The fourth-order valence-electron chi connectivity index (χ4n) is 3.66. The van der Waals surface area contributed by atoms with E-state index in [0.29, 0.717) is 32.4 Å². The topological polar surface area (TPSA) is 270 Å². The minimum absolute atomic E-state index is 0.0604. The predicted octanol–water partition coefficient (Wildman–Crippen LogP) is -3.66. The third-order valence-electron chi connectivity index (χ3n) is 5.55. The Morgan fingerprint density at radius 2 is 1.56 bits per heavy atom. The summed E-state index contributed by atoms with van der Waals surface area (Å²) < 4.78 is 0. The first-order chi connectivity index (χ1) is 17.0. The Labute approximate surface area is 209 Å². The number of unbranched alkanes of at least 4 members (excludes halogenated alkanes) is 1. The summed E-state index contributed by atoms with van der Waals surface area (Å²) >= 11 is 0. The smallest absolute Gasteiger partial charge is 0.326 e. The predicted molar refractivity (Wildman–Crippen MR) is 131 cm³/mol. The van der Waals surface area contributed by atoms with Gasteiger partial charge in [-0.1, -0.05) is 0 Å². The fourth-order valence-corrected chi connectivity index (χ4v) is 3.66. The second kappa shape index (κ2) is 16.3. The summed E-state index contributed by atoms with van der Waals surface area (Å²) in [5.41, 5.74) is 21.3. The van der Waals surface area contributed by atoms with Crippen LogP contribution in [0.25, 0.3) is 0 Å². The van der Waals surface area contributed by atoms with E-state index in [1.54, 1.807) is 0 Å². The highest BCUT2D eigenvalue weighted by Crippen LogP contribution is 2.08. The molecule has 1 aliphatic rings. The van der Waals surface area contributed by atoms with E-state index < -0.39 is 60.2 Å². The lowest BCUT2D eigenvalue weighted by atomic mass is 10.1. The number of carboxylic acid groups (broad SMARTS) is 1. The Hall–Kier alpha value is -3.46. The molecule has 0 radical (unpaired) electrons. The Morgan fingerprint density at radius 1 is 0.917 bits per heavy atom. The van der Waals surface area contributed by atoms with E-state index in [9.17, 15) is 29.1 Å². The van der Waals surface area contributed by atoms with Crippen LogP contribution in [0, 0.1) is 0 Å². The molecular formula is C21H39N9O6. The lowest BCUT2D eigenvalue weighted by Crippen LogP contribution is -2.57. The first-order valence-electron chi connectivity index (χ1n) is 12.0. The van der Waals surface area contributed by atoms with E-state index in [1.165, 1.54) is 0 Å². The molecule has 0 aromatic heterocycles. The monoisotopic (exact) mass is 513 g/mol. The van der Waals surface area contributed by atoms with Crippen LogP contribution in [0.2, 0.25) is 0 Å². The number of amides is 4. The molecule has 1 rings (SSSR count). The quantitative estimate of drug-likeness (QED) is 0.0522. The van der Waals surface area contributed by atoms with Crippen LogP contribution >= 0.6 is 0 Å². The molecule has 4 unspecified atom stereocenters. The van der Waals surface area contributed by atoms with E-state index in [-0.39, 0.29) is 31.8 Å². The number of nitrogens with two attached hydrogens (primary N) is 4. The normalized spacial score (nSPS) is 17.3. The van der Waals surface area contributed by atoms with Gasteiger partial charge >= 0.3 is 5.97 Å². The van der Waals surface area contributed by atoms with Gasteiger partial charge in [-0.25, -0.2) is 4.79 Å². The minimum atomic E-state index is -1.31. The van der Waals surface area contributed by atoms with Gasteiger partial charge in [-0.15, -0.1) is 0 Å². The van der Waals surface area contributed by atoms with Crippen LogP contribution in [0.4, 0.5) is 0 Å². The number of carbonyl (C=O) groups excluding carboxylic acids is 4. The number of primary amides is 1. The van der Waals surface area contributed by atoms with E-state index >= 15 is 0 Å². The number of aliphatic imine (C=N–C) groups is 1. The third-order valence-corrected chi connectivity index (χ3v) is 5.55. The van der Waals surface area contributed by atoms with E-state index in [2.05, 4.69) is 26.3 Å². The zero-order valence-electron chi connectivity index (χ0n) is 20.3. The molecule has 4 atom stereocenters. The van der Waals surface area contributed by atoms with Gasteiger partial charge in [0.25, 0.3) is 0 Å². The van der Waals surface area contributed by atoms with Crippen molar-refractivity contribution in [3.05, 3.63) is 0 Å². The minimum Gasteiger partial charge on any atom is -0.480 e. The van der Waals surface area contributed by atoms with Crippen molar-refractivity contribution in [1.29, 1.82) is 0 Å². The molecule has 0 spiro atoms. The van der Waals surface area contributed by atoms with Crippen molar-refractivity contribution in [2.75, 3.05) is 19.6 Å². The number of nitrogens with one attached hydrogen (secondary N) is 4. The van der Waals surface area contributed by atoms with Crippen molar-refractivity contribution in [3.8, 4) is 0 Å². The first kappa shape index (κ1) is 30.6. The summed E-state index contributed by atoms with van der Waals surface area (Å²) in [5, 5.41) is 19.9. The van der Waals surface area contributed by atoms with E-state index in [0.717, 1.165) is 6.42 Å². The van der Waals surface area contributed by atoms with Crippen molar-refractivity contribution >= 4 is 35.6 Å². The number of rotatable bonds is 17. The van der Waals surface area contributed by atoms with Crippen LogP contribution in [0.15, 0.2) is 4.99 Å². The van der Waals surface area contributed by atoms with Crippen molar-refractivity contribution < 1.29 is 29.1 Å². The molecular weight excluding hydrogens is 474 g/mol. The SMILES string of the molecule is NCCCCC(NC(=O)C(CCCN=C(N)N)NC(=O)C(CC(N)=O)NC(=O)C1CCCN1)C(=O)O. The van der Waals surface area contributed by atoms with Gasteiger partial charge in [0.05, 0.1) is 12.5 Å². The molecule has 0 aromatic rings. The maximum absolute atomic E-state index is 13.0. The zero-order chi connectivity index (χ0) is 27.1. The van der Waals surface area contributed by atoms with Crippen LogP contribution < -0.4 is 44.2 Å². The third kappa shape index (κ3) is 11.8. The molecule has 1 saturated heterocycles. The van der Waals surface area contributed by atoms with Gasteiger partial charge in [0.15, 0.2) is 5.96 Å². The summed E-state index contributed by atoms with van der Waals surface area (Å²) in [4.78, 5) is 65.4. The van der Waals surface area contributed by atoms with Crippen molar-refractivity contribution in [2.24, 2.45) is 27.9 Å². The Kier molecular flexibility index (Phi) is 13.8. The van der Waals surface area contributed by atoms with Gasteiger partial charge in [-0.05, 0) is 58.0 Å². The molecule has 0 aromatic carbocycles. The summed E-state index contributed by atoms with van der Waals surface area (Å²) in [6.45, 7) is 1.20. The van der Waals surface area contributed by atoms with Gasteiger partial charge in [0, 0.05) is 6.54 Å². The highest BCUT2D eigenvalue weighted by molar-refractivity contribution is 5.96. The van der Waals surface area contributed by atoms with Crippen molar-refractivity contribution in [1.82, 2.24) is 21.3 Å². The van der Waals surface area contributed by atoms with Crippen molar-refractivity contribution in [2.45, 2.75) is 75.5 Å². The van der Waals surface area contributed by atoms with Gasteiger partial charge in [0.2, 0.25) is 23.6 Å². The molecule has 4 amide bonds. The maximum Gasteiger partial charge on any atom is 0.326 e. The average molecular weight is 514 g/mol. The maximum atomic E-state index is 13.0. The second-order valence-corrected chi connectivity index (χ2v) is 8.57. The molecule has 0 bridgehead atoms. The molecule has 15 heteroatoms. The number of carbonyl (C=O) groups is 5. The molecule has 0 saturated carbocycles. The molecule has 36 heavy (non-hydrogen) atoms. The number of guanidine groups is 1. The number of aliphatic carboxylic acids is 1. The summed E-state index contributed by atoms with van der Waals surface area (Å²) in [7, 11) is 0. The number of carboxylic acids is 1. The van der Waals surface area contributed by atoms with Crippen LogP contribution in [0.5, 0.6) is 0 Å². The van der Waals surface area contributed by atoms with Crippen LogP contribution in [0.1, 0.15) is 51.4 Å². The molecule has 204 valence electrons. The van der Waals surface area contributed by atoms with Crippen LogP contribution in [-0.2, 0) is 24.0 Å². The standard InChI is InChI=1S/C21H39N9O6/c22-8-2-1-5-14(20(35)36)29-18(33)13(7-4-10-27-21(24)25)28-19(34)15(11-16(23)31)30-17(32)12-6-3-9-26-12/h12-15,26H,1-11,22H2,(H2,23,31)(H,28,34)(H,29,33)(H,30,32)(H,35,36)(H4,24,25,27). The fraction of sp³-hybridized carbons (Fsp3) is 0.714. The first-order valence-corrected chi connectivity index (χ1v) is 12.0. The Bertz CT molecular complexity index is 797. The van der Waals surface area contributed by atoms with E-state index in [1.807, 2.05) is 0 Å². The number of hydrogen-bond donors (Lipinski definition) is 9. The van der Waals surface area contributed by atoms with Gasteiger partial charge in [-0.3, -0.25) is 24.2 Å². The highest BCUT2D eigenvalue weighted by atomic mass is 16.4. The average Bonchev–Trinajstić information content (AvgIpc) is 3.34. The highest BCUT2D eigenvalue weighted by Gasteiger charge is 2.32. The lowest BCUT2D eigenvalue weighted by molar-refractivity contribution is -0.142. The van der Waals surface area contributed by atoms with Gasteiger partial charge in [-0.2, -0.15) is 0 Å². The molecule has 1 aliphatic heterocycles. The molecule has 1 fully saturated rings. The summed E-state index contributed by atoms with van der Waals surface area (Å²) in [6, 6.07) is -4.18. The van der Waals surface area contributed by atoms with Gasteiger partial charge in [0.1, 0.15) is 18.1 Å². The molecule has 0 aliphatic carbocycles. The Morgan fingerprint density at radius 3 is 2.11 bits per heavy atom. The number of hydrogen-bond acceptors (Lipinski definition) is 8. The summed E-state index contributed by atoms with van der Waals surface area (Å²) in [5.74, 6) is -4.21. The lowest BCUT2D eigenvalue weighted by Gasteiger charge is -2.25. The van der Waals surface area contributed by atoms with Crippen LogP contribution in [-0.4, -0.2) is 84.5 Å². The van der Waals surface area contributed by atoms with Crippen molar-refractivity contribution in [3.63, 3.8) is 0 Å². The summed E-state index contributed by atoms with van der Waals surface area (Å²) in [6.07, 6.45) is 2.45. The molecule has 13 N–H and O–H groups in total. The number of nitrogens with zero attached hydrogens (tertiary/aromatic N) is 1. The van der Waals surface area contributed by atoms with Crippen LogP contribution in [0.3, 0.4) is 0 Å². The van der Waals surface area contributed by atoms with E-state index in [4.69, 9.17) is 22.9 Å². The molecule has 1 heterocycles. The Balaban J connectivity index is 2.95. The zero-order valence-corrected chi connectivity index (χ0v) is 20.3. The second-order valence-electron chi connectivity index (χ2n) is 8.57. The molecule has 15 nitrogen and oxygen atoms in total.